The third-order valence-corrected chi connectivity index (χ3v) is 2.30. The van der Waals surface area contributed by atoms with E-state index in [2.05, 4.69) is 15.3 Å². The molecule has 0 bridgehead atoms. The van der Waals surface area contributed by atoms with Crippen LogP contribution in [0.2, 0.25) is 0 Å². The molecule has 0 fully saturated rings. The van der Waals surface area contributed by atoms with Gasteiger partial charge < -0.3 is 5.32 Å². The molecule has 0 saturated heterocycles. The van der Waals surface area contributed by atoms with E-state index in [1.807, 2.05) is 12.1 Å². The van der Waals surface area contributed by atoms with Crippen LogP contribution in [0.25, 0.3) is 0 Å². The van der Waals surface area contributed by atoms with Crippen LogP contribution in [0.4, 0.5) is 0 Å². The number of hydrogen-bond donors (Lipinski definition) is 1. The van der Waals surface area contributed by atoms with E-state index in [4.69, 9.17) is 5.26 Å². The first-order valence-corrected chi connectivity index (χ1v) is 5.33. The number of carbonyl (C=O) groups is 1. The van der Waals surface area contributed by atoms with Gasteiger partial charge in [-0.1, -0.05) is 6.07 Å². The van der Waals surface area contributed by atoms with Gasteiger partial charge in [-0.3, -0.25) is 14.8 Å². The Kier molecular flexibility index (Phi) is 3.62. The molecule has 1 N–H and O–H groups in total. The molecule has 0 atom stereocenters. The number of nitrogens with zero attached hydrogens (tertiary/aromatic N) is 3. The van der Waals surface area contributed by atoms with Crippen LogP contribution < -0.4 is 5.32 Å². The molecule has 0 radical (unpaired) electrons. The summed E-state index contributed by atoms with van der Waals surface area (Å²) in [6, 6.07) is 8.65. The normalized spacial score (nSPS) is 9.50. The van der Waals surface area contributed by atoms with Crippen molar-refractivity contribution in [3.8, 4) is 6.07 Å². The average Bonchev–Trinajstić information content (AvgIpc) is 2.46. The van der Waals surface area contributed by atoms with Gasteiger partial charge in [-0.2, -0.15) is 5.26 Å². The lowest BCUT2D eigenvalue weighted by molar-refractivity contribution is 0.0946. The van der Waals surface area contributed by atoms with Crippen LogP contribution in [0.3, 0.4) is 0 Å². The van der Waals surface area contributed by atoms with E-state index >= 15 is 0 Å². The largest absolute Gasteiger partial charge is 0.347 e. The molecule has 5 heteroatoms. The number of nitrogens with one attached hydrogen (secondary N) is 1. The van der Waals surface area contributed by atoms with Crippen molar-refractivity contribution in [1.29, 1.82) is 5.26 Å². The molecule has 2 aromatic rings. The molecule has 2 aromatic heterocycles. The summed E-state index contributed by atoms with van der Waals surface area (Å²) in [5.41, 5.74) is 1.55. The van der Waals surface area contributed by atoms with Crippen LogP contribution in [-0.4, -0.2) is 15.9 Å². The van der Waals surface area contributed by atoms with Crippen molar-refractivity contribution in [2.45, 2.75) is 6.54 Å². The fourth-order valence-corrected chi connectivity index (χ4v) is 1.40. The summed E-state index contributed by atoms with van der Waals surface area (Å²) in [4.78, 5) is 19.7. The maximum absolute atomic E-state index is 11.8. The van der Waals surface area contributed by atoms with Crippen molar-refractivity contribution in [3.05, 3.63) is 59.7 Å². The minimum atomic E-state index is -0.309. The fourth-order valence-electron chi connectivity index (χ4n) is 1.40. The molecular weight excluding hydrogens is 228 g/mol. The maximum Gasteiger partial charge on any atom is 0.270 e. The summed E-state index contributed by atoms with van der Waals surface area (Å²) < 4.78 is 0. The van der Waals surface area contributed by atoms with Gasteiger partial charge in [0.15, 0.2) is 0 Å². The zero-order valence-electron chi connectivity index (χ0n) is 9.50. The second-order valence-electron chi connectivity index (χ2n) is 3.59. The van der Waals surface area contributed by atoms with E-state index in [9.17, 15) is 4.79 Å². The highest BCUT2D eigenvalue weighted by Gasteiger charge is 2.07. The fraction of sp³-hybridized carbons (Fsp3) is 0.0769. The first kappa shape index (κ1) is 11.7. The Balaban J connectivity index is 2.02. The highest BCUT2D eigenvalue weighted by Crippen LogP contribution is 2.01. The minimum absolute atomic E-state index is 0.234. The van der Waals surface area contributed by atoms with Crippen LogP contribution in [0.5, 0.6) is 0 Å². The highest BCUT2D eigenvalue weighted by atomic mass is 16.1. The van der Waals surface area contributed by atoms with E-state index in [0.717, 1.165) is 5.56 Å². The molecule has 5 nitrogen and oxygen atoms in total. The smallest absolute Gasteiger partial charge is 0.270 e. The zero-order chi connectivity index (χ0) is 12.8. The highest BCUT2D eigenvalue weighted by molar-refractivity contribution is 5.92. The third-order valence-electron chi connectivity index (χ3n) is 2.30. The summed E-state index contributed by atoms with van der Waals surface area (Å²) in [6.45, 7) is 0.380. The lowest BCUT2D eigenvalue weighted by Gasteiger charge is -2.04. The van der Waals surface area contributed by atoms with Crippen molar-refractivity contribution in [3.63, 3.8) is 0 Å². The Morgan fingerprint density at radius 3 is 3.00 bits per heavy atom. The van der Waals surface area contributed by atoms with Gasteiger partial charge in [-0.15, -0.1) is 0 Å². The average molecular weight is 238 g/mol. The summed E-state index contributed by atoms with van der Waals surface area (Å²) in [6.07, 6.45) is 4.79. The Bertz CT molecular complexity index is 589. The summed E-state index contributed by atoms with van der Waals surface area (Å²) in [7, 11) is 0. The number of amides is 1. The van der Waals surface area contributed by atoms with E-state index < -0.39 is 0 Å². The molecule has 0 aromatic carbocycles. The topological polar surface area (TPSA) is 78.7 Å². The molecule has 88 valence electrons. The molecule has 0 spiro atoms. The van der Waals surface area contributed by atoms with Crippen molar-refractivity contribution in [2.24, 2.45) is 0 Å². The maximum atomic E-state index is 11.8. The van der Waals surface area contributed by atoms with Gasteiger partial charge in [0.1, 0.15) is 5.69 Å². The number of aromatic nitrogens is 2. The van der Waals surface area contributed by atoms with Gasteiger partial charge in [0, 0.05) is 25.1 Å². The predicted octanol–water partition coefficient (Wildman–Crippen LogP) is 1.28. The molecule has 2 heterocycles. The van der Waals surface area contributed by atoms with Gasteiger partial charge >= 0.3 is 0 Å². The van der Waals surface area contributed by atoms with Gasteiger partial charge in [0.2, 0.25) is 0 Å². The minimum Gasteiger partial charge on any atom is -0.347 e. The van der Waals surface area contributed by atoms with Crippen LogP contribution in [0.1, 0.15) is 21.6 Å². The van der Waals surface area contributed by atoms with Crippen molar-refractivity contribution in [2.75, 3.05) is 0 Å². The molecule has 0 aliphatic rings. The third kappa shape index (κ3) is 2.89. The van der Waals surface area contributed by atoms with Gasteiger partial charge in [-0.05, 0) is 23.8 Å². The monoisotopic (exact) mass is 238 g/mol. The standard InChI is InChI=1S/C13H10N4O/c14-7-10-3-5-16-12(6-10)13(18)17-9-11-2-1-4-15-8-11/h1-6,8H,9H2,(H,17,18). The Labute approximate surface area is 104 Å². The number of pyridine rings is 2. The zero-order valence-corrected chi connectivity index (χ0v) is 9.50. The first-order valence-electron chi connectivity index (χ1n) is 5.33. The van der Waals surface area contributed by atoms with E-state index in [1.54, 1.807) is 24.5 Å². The number of carbonyl (C=O) groups excluding carboxylic acids is 1. The van der Waals surface area contributed by atoms with Crippen LogP contribution in [0.15, 0.2) is 42.9 Å². The lowest BCUT2D eigenvalue weighted by atomic mass is 10.2. The van der Waals surface area contributed by atoms with Crippen molar-refractivity contribution < 1.29 is 4.79 Å². The molecule has 0 saturated carbocycles. The Hall–Kier alpha value is -2.74. The van der Waals surface area contributed by atoms with Crippen LogP contribution in [-0.2, 0) is 6.54 Å². The summed E-state index contributed by atoms with van der Waals surface area (Å²) in [5.74, 6) is -0.309. The van der Waals surface area contributed by atoms with E-state index in [1.165, 1.54) is 12.3 Å². The summed E-state index contributed by atoms with van der Waals surface area (Å²) >= 11 is 0. The molecule has 2 rings (SSSR count). The first-order chi connectivity index (χ1) is 8.79. The van der Waals surface area contributed by atoms with Crippen molar-refractivity contribution in [1.82, 2.24) is 15.3 Å². The summed E-state index contributed by atoms with van der Waals surface area (Å²) in [5, 5.41) is 11.4. The van der Waals surface area contributed by atoms with Gasteiger partial charge in [0.25, 0.3) is 5.91 Å². The van der Waals surface area contributed by atoms with Crippen LogP contribution >= 0.6 is 0 Å². The molecule has 0 unspecified atom stereocenters. The molecule has 1 amide bonds. The number of nitriles is 1. The molecule has 0 aliphatic carbocycles. The number of hydrogen-bond acceptors (Lipinski definition) is 4. The van der Waals surface area contributed by atoms with E-state index in [0.29, 0.717) is 12.1 Å². The van der Waals surface area contributed by atoms with Gasteiger partial charge in [0.05, 0.1) is 11.6 Å². The van der Waals surface area contributed by atoms with Crippen molar-refractivity contribution >= 4 is 5.91 Å². The lowest BCUT2D eigenvalue weighted by Crippen LogP contribution is -2.23. The van der Waals surface area contributed by atoms with E-state index in [-0.39, 0.29) is 11.6 Å². The SMILES string of the molecule is N#Cc1ccnc(C(=O)NCc2cccnc2)c1. The van der Waals surface area contributed by atoms with Gasteiger partial charge in [-0.25, -0.2) is 0 Å². The second-order valence-corrected chi connectivity index (χ2v) is 3.59. The molecule has 0 aliphatic heterocycles. The van der Waals surface area contributed by atoms with Crippen LogP contribution in [0, 0.1) is 11.3 Å². The second kappa shape index (κ2) is 5.55. The number of rotatable bonds is 3. The molecule has 18 heavy (non-hydrogen) atoms. The quantitative estimate of drug-likeness (QED) is 0.873. The Morgan fingerprint density at radius 2 is 2.28 bits per heavy atom. The predicted molar refractivity (Wildman–Crippen MR) is 64.4 cm³/mol. The molecular formula is C13H10N4O. The Morgan fingerprint density at radius 1 is 1.39 bits per heavy atom.